The standard InChI is InChI=1S/C12H13ClN2O/c1-3-6-15-11-5-4-9(13)7-10(11)12(14)8(2)16/h4-7,14H,3H2,1-2H3. The highest BCUT2D eigenvalue weighted by Crippen LogP contribution is 2.23. The van der Waals surface area contributed by atoms with E-state index in [-0.39, 0.29) is 11.5 Å². The van der Waals surface area contributed by atoms with Crippen molar-refractivity contribution in [3.05, 3.63) is 28.8 Å². The van der Waals surface area contributed by atoms with E-state index >= 15 is 0 Å². The number of benzene rings is 1. The third-order valence-electron chi connectivity index (χ3n) is 1.99. The fourth-order valence-electron chi connectivity index (χ4n) is 1.20. The first kappa shape index (κ1) is 12.6. The van der Waals surface area contributed by atoms with Crippen LogP contribution in [0.3, 0.4) is 0 Å². The van der Waals surface area contributed by atoms with Crippen molar-refractivity contribution in [2.24, 2.45) is 4.99 Å². The minimum atomic E-state index is -0.296. The van der Waals surface area contributed by atoms with E-state index < -0.39 is 0 Å². The first-order chi connectivity index (χ1) is 7.56. The van der Waals surface area contributed by atoms with Crippen LogP contribution in [0.2, 0.25) is 5.02 Å². The van der Waals surface area contributed by atoms with E-state index in [1.54, 1.807) is 24.4 Å². The van der Waals surface area contributed by atoms with E-state index in [0.717, 1.165) is 6.42 Å². The molecule has 0 saturated carbocycles. The van der Waals surface area contributed by atoms with Gasteiger partial charge in [-0.25, -0.2) is 0 Å². The fraction of sp³-hybridized carbons (Fsp3) is 0.250. The number of Topliss-reactive ketones (excluding diaryl/α,β-unsaturated/α-hetero) is 1. The Morgan fingerprint density at radius 3 is 2.81 bits per heavy atom. The Hall–Kier alpha value is -1.48. The molecular weight excluding hydrogens is 224 g/mol. The molecule has 0 aliphatic carbocycles. The van der Waals surface area contributed by atoms with Crippen LogP contribution in [0, 0.1) is 5.41 Å². The van der Waals surface area contributed by atoms with Crippen LogP contribution in [0.15, 0.2) is 23.2 Å². The molecule has 0 amide bonds. The molecule has 0 bridgehead atoms. The Bertz CT molecular complexity index is 452. The smallest absolute Gasteiger partial charge is 0.178 e. The maximum atomic E-state index is 11.2. The summed E-state index contributed by atoms with van der Waals surface area (Å²) in [4.78, 5) is 15.4. The zero-order valence-corrected chi connectivity index (χ0v) is 10.0. The average Bonchev–Trinajstić information content (AvgIpc) is 2.26. The van der Waals surface area contributed by atoms with Gasteiger partial charge in [-0.2, -0.15) is 0 Å². The maximum Gasteiger partial charge on any atom is 0.178 e. The molecule has 4 heteroatoms. The summed E-state index contributed by atoms with van der Waals surface area (Å²) in [5, 5.41) is 8.17. The Morgan fingerprint density at radius 1 is 1.56 bits per heavy atom. The molecule has 0 fully saturated rings. The molecule has 16 heavy (non-hydrogen) atoms. The minimum absolute atomic E-state index is 0.0641. The van der Waals surface area contributed by atoms with E-state index in [2.05, 4.69) is 4.99 Å². The van der Waals surface area contributed by atoms with E-state index in [9.17, 15) is 4.79 Å². The molecule has 1 rings (SSSR count). The molecule has 0 aliphatic heterocycles. The second-order valence-electron chi connectivity index (χ2n) is 3.31. The summed E-state index contributed by atoms with van der Waals surface area (Å²) < 4.78 is 0. The van der Waals surface area contributed by atoms with E-state index in [1.807, 2.05) is 6.92 Å². The van der Waals surface area contributed by atoms with E-state index in [1.165, 1.54) is 6.92 Å². The summed E-state index contributed by atoms with van der Waals surface area (Å²) in [6.45, 7) is 3.33. The number of aliphatic imine (C=N–C) groups is 1. The zero-order valence-electron chi connectivity index (χ0n) is 9.25. The number of carbonyl (C=O) groups is 1. The summed E-state index contributed by atoms with van der Waals surface area (Å²) in [6.07, 6.45) is 2.54. The van der Waals surface area contributed by atoms with Crippen LogP contribution in [0.25, 0.3) is 0 Å². The molecule has 1 aromatic carbocycles. The third kappa shape index (κ3) is 3.00. The summed E-state index contributed by atoms with van der Waals surface area (Å²) >= 11 is 5.84. The molecular formula is C12H13ClN2O. The van der Waals surface area contributed by atoms with Crippen molar-refractivity contribution in [2.75, 3.05) is 0 Å². The van der Waals surface area contributed by atoms with E-state index in [4.69, 9.17) is 17.0 Å². The molecule has 1 aromatic rings. The second-order valence-corrected chi connectivity index (χ2v) is 3.75. The number of halogens is 1. The van der Waals surface area contributed by atoms with Gasteiger partial charge in [0, 0.05) is 23.7 Å². The Kier molecular flexibility index (Phi) is 4.38. The lowest BCUT2D eigenvalue weighted by Crippen LogP contribution is -2.10. The third-order valence-corrected chi connectivity index (χ3v) is 2.23. The van der Waals surface area contributed by atoms with Crippen molar-refractivity contribution in [3.63, 3.8) is 0 Å². The van der Waals surface area contributed by atoms with Gasteiger partial charge < -0.3 is 0 Å². The predicted molar refractivity (Wildman–Crippen MR) is 67.4 cm³/mol. The SMILES string of the molecule is CCC=Nc1ccc(Cl)cc1C(=N)C(C)=O. The summed E-state index contributed by atoms with van der Waals surface area (Å²) in [6, 6.07) is 5.00. The maximum absolute atomic E-state index is 11.2. The molecule has 0 spiro atoms. The molecule has 3 nitrogen and oxygen atoms in total. The van der Waals surface area contributed by atoms with Crippen molar-refractivity contribution in [2.45, 2.75) is 20.3 Å². The van der Waals surface area contributed by atoms with Crippen LogP contribution in [0.1, 0.15) is 25.8 Å². The molecule has 0 atom stereocenters. The Labute approximate surface area is 99.7 Å². The van der Waals surface area contributed by atoms with Crippen molar-refractivity contribution >= 4 is 35.0 Å². The minimum Gasteiger partial charge on any atom is -0.297 e. The van der Waals surface area contributed by atoms with Crippen LogP contribution >= 0.6 is 11.6 Å². The van der Waals surface area contributed by atoms with Gasteiger partial charge in [-0.3, -0.25) is 15.2 Å². The lowest BCUT2D eigenvalue weighted by molar-refractivity contribution is -0.111. The molecule has 84 valence electrons. The number of hydrogen-bond donors (Lipinski definition) is 1. The zero-order chi connectivity index (χ0) is 12.1. The summed E-state index contributed by atoms with van der Waals surface area (Å²) in [5.74, 6) is -0.296. The molecule has 1 N–H and O–H groups in total. The molecule has 0 heterocycles. The van der Waals surface area contributed by atoms with Gasteiger partial charge in [-0.15, -0.1) is 0 Å². The summed E-state index contributed by atoms with van der Waals surface area (Å²) in [5.41, 5.74) is 1.02. The van der Waals surface area contributed by atoms with Crippen molar-refractivity contribution in [1.29, 1.82) is 5.41 Å². The normalized spacial score (nSPS) is 10.7. The Balaban J connectivity index is 3.23. The Morgan fingerprint density at radius 2 is 2.25 bits per heavy atom. The molecule has 0 unspecified atom stereocenters. The quantitative estimate of drug-likeness (QED) is 0.801. The van der Waals surface area contributed by atoms with Gasteiger partial charge >= 0.3 is 0 Å². The molecule has 0 radical (unpaired) electrons. The van der Waals surface area contributed by atoms with Gasteiger partial charge in [0.25, 0.3) is 0 Å². The molecule has 0 aliphatic rings. The predicted octanol–water partition coefficient (Wildman–Crippen LogP) is 3.41. The lowest BCUT2D eigenvalue weighted by atomic mass is 10.1. The number of nitrogens with one attached hydrogen (secondary N) is 1. The summed E-state index contributed by atoms with van der Waals surface area (Å²) in [7, 11) is 0. The highest BCUT2D eigenvalue weighted by Gasteiger charge is 2.11. The van der Waals surface area contributed by atoms with Crippen molar-refractivity contribution < 1.29 is 4.79 Å². The van der Waals surface area contributed by atoms with Gasteiger partial charge in [0.2, 0.25) is 0 Å². The average molecular weight is 237 g/mol. The van der Waals surface area contributed by atoms with Crippen LogP contribution in [0.5, 0.6) is 0 Å². The first-order valence-electron chi connectivity index (χ1n) is 4.98. The highest BCUT2D eigenvalue weighted by atomic mass is 35.5. The van der Waals surface area contributed by atoms with E-state index in [0.29, 0.717) is 16.3 Å². The lowest BCUT2D eigenvalue weighted by Gasteiger charge is -2.05. The number of rotatable bonds is 4. The van der Waals surface area contributed by atoms with Crippen molar-refractivity contribution in [1.82, 2.24) is 0 Å². The molecule has 0 aromatic heterocycles. The largest absolute Gasteiger partial charge is 0.297 e. The number of carbonyl (C=O) groups excluding carboxylic acids is 1. The van der Waals surface area contributed by atoms with Crippen LogP contribution in [-0.2, 0) is 4.79 Å². The van der Waals surface area contributed by atoms with Gasteiger partial charge in [0.1, 0.15) is 5.71 Å². The van der Waals surface area contributed by atoms with Gasteiger partial charge in [0.05, 0.1) is 5.69 Å². The fourth-order valence-corrected chi connectivity index (χ4v) is 1.37. The second kappa shape index (κ2) is 5.56. The number of hydrogen-bond acceptors (Lipinski definition) is 3. The van der Waals surface area contributed by atoms with Crippen molar-refractivity contribution in [3.8, 4) is 0 Å². The van der Waals surface area contributed by atoms with Gasteiger partial charge in [-0.05, 0) is 24.6 Å². The van der Waals surface area contributed by atoms with Crippen LogP contribution < -0.4 is 0 Å². The molecule has 0 saturated heterocycles. The van der Waals surface area contributed by atoms with Crippen LogP contribution in [0.4, 0.5) is 5.69 Å². The van der Waals surface area contributed by atoms with Crippen LogP contribution in [-0.4, -0.2) is 17.7 Å². The van der Waals surface area contributed by atoms with Gasteiger partial charge in [0.15, 0.2) is 5.78 Å². The number of ketones is 1. The number of nitrogens with zero attached hydrogens (tertiary/aromatic N) is 1. The van der Waals surface area contributed by atoms with Gasteiger partial charge in [-0.1, -0.05) is 18.5 Å². The highest BCUT2D eigenvalue weighted by molar-refractivity contribution is 6.45. The first-order valence-corrected chi connectivity index (χ1v) is 5.36. The monoisotopic (exact) mass is 236 g/mol. The topological polar surface area (TPSA) is 53.3 Å².